The maximum atomic E-state index is 11.4. The van der Waals surface area contributed by atoms with Crippen molar-refractivity contribution in [3.05, 3.63) is 29.8 Å². The van der Waals surface area contributed by atoms with Gasteiger partial charge in [-0.05, 0) is 23.1 Å². The standard InChI is InChI=1S/C12H19NO3S/c1-12(2,3)10-4-6-11(7-5-10)13-17(15,16)9-8-14/h4-7,13-14H,8-9H2,1-3H3. The number of nitrogens with one attached hydrogen (secondary N) is 1. The summed E-state index contributed by atoms with van der Waals surface area (Å²) in [4.78, 5) is 0. The van der Waals surface area contributed by atoms with Gasteiger partial charge in [0.25, 0.3) is 0 Å². The minimum Gasteiger partial charge on any atom is -0.395 e. The van der Waals surface area contributed by atoms with E-state index in [1.807, 2.05) is 12.1 Å². The van der Waals surface area contributed by atoms with Crippen molar-refractivity contribution in [1.29, 1.82) is 0 Å². The smallest absolute Gasteiger partial charge is 0.234 e. The summed E-state index contributed by atoms with van der Waals surface area (Å²) in [7, 11) is -3.43. The summed E-state index contributed by atoms with van der Waals surface area (Å²) >= 11 is 0. The maximum absolute atomic E-state index is 11.4. The number of hydrogen-bond acceptors (Lipinski definition) is 3. The summed E-state index contributed by atoms with van der Waals surface area (Å²) < 4.78 is 25.2. The highest BCUT2D eigenvalue weighted by Gasteiger charge is 2.14. The van der Waals surface area contributed by atoms with Gasteiger partial charge in [-0.15, -0.1) is 0 Å². The van der Waals surface area contributed by atoms with Crippen molar-refractivity contribution in [2.45, 2.75) is 26.2 Å². The van der Waals surface area contributed by atoms with E-state index in [1.165, 1.54) is 0 Å². The van der Waals surface area contributed by atoms with Crippen LogP contribution in [-0.4, -0.2) is 25.9 Å². The normalized spacial score (nSPS) is 12.5. The van der Waals surface area contributed by atoms with E-state index in [1.54, 1.807) is 12.1 Å². The quantitative estimate of drug-likeness (QED) is 0.863. The van der Waals surface area contributed by atoms with Gasteiger partial charge >= 0.3 is 0 Å². The van der Waals surface area contributed by atoms with E-state index in [2.05, 4.69) is 25.5 Å². The molecular formula is C12H19NO3S. The van der Waals surface area contributed by atoms with Gasteiger partial charge in [0.15, 0.2) is 0 Å². The fourth-order valence-corrected chi connectivity index (χ4v) is 2.23. The third-order valence-corrected chi connectivity index (χ3v) is 3.65. The van der Waals surface area contributed by atoms with Gasteiger partial charge < -0.3 is 5.11 Å². The van der Waals surface area contributed by atoms with E-state index in [0.29, 0.717) is 5.69 Å². The molecule has 1 aromatic carbocycles. The Hall–Kier alpha value is -1.07. The van der Waals surface area contributed by atoms with E-state index in [-0.39, 0.29) is 17.8 Å². The Morgan fingerprint density at radius 3 is 2.12 bits per heavy atom. The molecule has 17 heavy (non-hydrogen) atoms. The first-order valence-electron chi connectivity index (χ1n) is 5.46. The summed E-state index contributed by atoms with van der Waals surface area (Å²) in [6, 6.07) is 7.26. The molecule has 0 spiro atoms. The molecule has 0 bridgehead atoms. The fraction of sp³-hybridized carbons (Fsp3) is 0.500. The van der Waals surface area contributed by atoms with Gasteiger partial charge in [0.05, 0.1) is 12.4 Å². The molecule has 0 atom stereocenters. The van der Waals surface area contributed by atoms with Crippen LogP contribution in [0.4, 0.5) is 5.69 Å². The first-order valence-corrected chi connectivity index (χ1v) is 7.12. The SMILES string of the molecule is CC(C)(C)c1ccc(NS(=O)(=O)CCO)cc1. The molecule has 0 aliphatic rings. The summed E-state index contributed by atoms with van der Waals surface area (Å²) in [5.74, 6) is -0.284. The van der Waals surface area contributed by atoms with E-state index in [9.17, 15) is 8.42 Å². The molecule has 1 aromatic rings. The lowest BCUT2D eigenvalue weighted by atomic mass is 9.87. The van der Waals surface area contributed by atoms with Crippen LogP contribution >= 0.6 is 0 Å². The molecule has 2 N–H and O–H groups in total. The number of rotatable bonds is 4. The highest BCUT2D eigenvalue weighted by atomic mass is 32.2. The van der Waals surface area contributed by atoms with Gasteiger partial charge in [0.2, 0.25) is 10.0 Å². The van der Waals surface area contributed by atoms with Crippen molar-refractivity contribution in [2.24, 2.45) is 0 Å². The van der Waals surface area contributed by atoms with E-state index >= 15 is 0 Å². The number of aliphatic hydroxyl groups is 1. The predicted molar refractivity (Wildman–Crippen MR) is 69.6 cm³/mol. The van der Waals surface area contributed by atoms with E-state index < -0.39 is 10.0 Å². The molecule has 0 unspecified atom stereocenters. The fourth-order valence-electron chi connectivity index (χ4n) is 1.39. The number of hydrogen-bond donors (Lipinski definition) is 2. The molecule has 5 heteroatoms. The van der Waals surface area contributed by atoms with Crippen LogP contribution in [-0.2, 0) is 15.4 Å². The van der Waals surface area contributed by atoms with E-state index in [0.717, 1.165) is 5.56 Å². The van der Waals surface area contributed by atoms with Crippen LogP contribution in [0.3, 0.4) is 0 Å². The highest BCUT2D eigenvalue weighted by molar-refractivity contribution is 7.92. The molecule has 4 nitrogen and oxygen atoms in total. The lowest BCUT2D eigenvalue weighted by Gasteiger charge is -2.19. The molecule has 0 fully saturated rings. The first-order chi connectivity index (χ1) is 7.74. The molecule has 0 aliphatic heterocycles. The lowest BCUT2D eigenvalue weighted by Crippen LogP contribution is -2.19. The van der Waals surface area contributed by atoms with Gasteiger partial charge in [-0.2, -0.15) is 0 Å². The van der Waals surface area contributed by atoms with E-state index in [4.69, 9.17) is 5.11 Å². The molecule has 0 aliphatic carbocycles. The number of anilines is 1. The topological polar surface area (TPSA) is 66.4 Å². The maximum Gasteiger partial charge on any atom is 0.234 e. The lowest BCUT2D eigenvalue weighted by molar-refractivity contribution is 0.320. The largest absolute Gasteiger partial charge is 0.395 e. The zero-order chi connectivity index (χ0) is 13.1. The van der Waals surface area contributed by atoms with Gasteiger partial charge in [-0.3, -0.25) is 4.72 Å². The Morgan fingerprint density at radius 2 is 1.71 bits per heavy atom. The molecule has 0 saturated carbocycles. The molecule has 1 rings (SSSR count). The number of sulfonamides is 1. The Bertz CT molecular complexity index is 458. The van der Waals surface area contributed by atoms with Crippen LogP contribution in [0.1, 0.15) is 26.3 Å². The van der Waals surface area contributed by atoms with Crippen molar-refractivity contribution in [3.63, 3.8) is 0 Å². The highest BCUT2D eigenvalue weighted by Crippen LogP contribution is 2.23. The van der Waals surface area contributed by atoms with Crippen molar-refractivity contribution >= 4 is 15.7 Å². The average Bonchev–Trinajstić information content (AvgIpc) is 2.16. The molecule has 0 amide bonds. The predicted octanol–water partition coefficient (Wildman–Crippen LogP) is 1.72. The summed E-state index contributed by atoms with van der Waals surface area (Å²) in [6.07, 6.45) is 0. The Balaban J connectivity index is 2.83. The van der Waals surface area contributed by atoms with Crippen LogP contribution in [0, 0.1) is 0 Å². The van der Waals surface area contributed by atoms with Gasteiger partial charge in [-0.1, -0.05) is 32.9 Å². The Morgan fingerprint density at radius 1 is 1.18 bits per heavy atom. The molecule has 0 heterocycles. The van der Waals surface area contributed by atoms with Crippen LogP contribution in [0.2, 0.25) is 0 Å². The molecule has 96 valence electrons. The second kappa shape index (κ2) is 5.06. The van der Waals surface area contributed by atoms with Crippen LogP contribution < -0.4 is 4.72 Å². The first kappa shape index (κ1) is 14.0. The second-order valence-corrected chi connectivity index (χ2v) is 6.81. The van der Waals surface area contributed by atoms with Gasteiger partial charge in [0.1, 0.15) is 0 Å². The third-order valence-electron chi connectivity index (χ3n) is 2.38. The van der Waals surface area contributed by atoms with Crippen molar-refractivity contribution in [2.75, 3.05) is 17.1 Å². The molecular weight excluding hydrogens is 238 g/mol. The number of benzene rings is 1. The number of aliphatic hydroxyl groups excluding tert-OH is 1. The summed E-state index contributed by atoms with van der Waals surface area (Å²) in [5, 5.41) is 8.61. The van der Waals surface area contributed by atoms with Crippen LogP contribution in [0.25, 0.3) is 0 Å². The third kappa shape index (κ3) is 4.36. The Labute approximate surface area is 103 Å². The van der Waals surface area contributed by atoms with Gasteiger partial charge in [-0.25, -0.2) is 8.42 Å². The molecule has 0 radical (unpaired) electrons. The zero-order valence-electron chi connectivity index (χ0n) is 10.4. The molecule has 0 saturated heterocycles. The summed E-state index contributed by atoms with van der Waals surface area (Å²) in [5.41, 5.74) is 1.71. The minimum atomic E-state index is -3.43. The van der Waals surface area contributed by atoms with Crippen LogP contribution in [0.15, 0.2) is 24.3 Å². The van der Waals surface area contributed by atoms with Crippen molar-refractivity contribution in [3.8, 4) is 0 Å². The molecule has 0 aromatic heterocycles. The zero-order valence-corrected chi connectivity index (χ0v) is 11.2. The average molecular weight is 257 g/mol. The summed E-state index contributed by atoms with van der Waals surface area (Å²) in [6.45, 7) is 5.91. The minimum absolute atomic E-state index is 0.0442. The second-order valence-electron chi connectivity index (χ2n) is 4.97. The Kier molecular flexibility index (Phi) is 4.16. The van der Waals surface area contributed by atoms with Crippen molar-refractivity contribution < 1.29 is 13.5 Å². The van der Waals surface area contributed by atoms with Crippen LogP contribution in [0.5, 0.6) is 0 Å². The monoisotopic (exact) mass is 257 g/mol. The van der Waals surface area contributed by atoms with Crippen molar-refractivity contribution in [1.82, 2.24) is 0 Å². The van der Waals surface area contributed by atoms with Gasteiger partial charge in [0, 0.05) is 5.69 Å².